The maximum atomic E-state index is 12.5. The largest absolute Gasteiger partial charge is 0.303 e. The molecule has 21 heavy (non-hydrogen) atoms. The van der Waals surface area contributed by atoms with E-state index in [-0.39, 0.29) is 29.9 Å². The maximum Gasteiger partial charge on any atom is 0.243 e. The molecule has 0 radical (unpaired) electrons. The molecule has 1 aliphatic rings. The van der Waals surface area contributed by atoms with Crippen LogP contribution in [0.3, 0.4) is 0 Å². The lowest BCUT2D eigenvalue weighted by Gasteiger charge is -2.32. The summed E-state index contributed by atoms with van der Waals surface area (Å²) >= 11 is 1.60. The first-order valence-electron chi connectivity index (χ1n) is 7.69. The summed E-state index contributed by atoms with van der Waals surface area (Å²) in [7, 11) is 0. The van der Waals surface area contributed by atoms with Crippen LogP contribution in [0.25, 0.3) is 0 Å². The third kappa shape index (κ3) is 4.56. The first-order valence-corrected chi connectivity index (χ1v) is 8.63. The Morgan fingerprint density at radius 1 is 1.38 bits per heavy atom. The monoisotopic (exact) mass is 313 g/mol. The van der Waals surface area contributed by atoms with Crippen LogP contribution in [0.4, 0.5) is 0 Å². The molecule has 5 heteroatoms. The highest BCUT2D eigenvalue weighted by atomic mass is 32.2. The van der Waals surface area contributed by atoms with Crippen molar-refractivity contribution in [2.75, 3.05) is 0 Å². The van der Waals surface area contributed by atoms with Crippen LogP contribution < -0.4 is 0 Å². The van der Waals surface area contributed by atoms with Crippen LogP contribution >= 0.6 is 11.8 Å². The second-order valence-corrected chi connectivity index (χ2v) is 8.29. The third-order valence-electron chi connectivity index (χ3n) is 4.12. The van der Waals surface area contributed by atoms with E-state index in [0.29, 0.717) is 11.2 Å². The first-order chi connectivity index (χ1) is 9.72. The minimum Gasteiger partial charge on any atom is -0.303 e. The molecular formula is C16H27NO3S. The van der Waals surface area contributed by atoms with Gasteiger partial charge in [-0.3, -0.25) is 14.5 Å². The molecule has 0 aromatic heterocycles. The Bertz CT molecular complexity index is 408. The fourth-order valence-corrected chi connectivity index (χ4v) is 4.17. The second kappa shape index (κ2) is 7.43. The maximum absolute atomic E-state index is 12.5. The van der Waals surface area contributed by atoms with Crippen molar-refractivity contribution >= 4 is 29.9 Å². The van der Waals surface area contributed by atoms with Crippen LogP contribution in [0, 0.1) is 5.92 Å². The van der Waals surface area contributed by atoms with E-state index in [1.54, 1.807) is 25.6 Å². The second-order valence-electron chi connectivity index (χ2n) is 6.64. The average molecular weight is 313 g/mol. The molecule has 3 atom stereocenters. The highest BCUT2D eigenvalue weighted by Gasteiger charge is 2.46. The summed E-state index contributed by atoms with van der Waals surface area (Å²) in [6.07, 6.45) is 3.39. The SMILES string of the molecule is CCC(C)CC(C)SC1CC(=O)N(C(C)(C)CC=O)C1=O. The standard InChI is InChI=1S/C16H27NO3S/c1-6-11(2)9-12(3)21-13-10-14(19)17(15(13)20)16(4,5)7-8-18/h8,11-13H,6-7,9-10H2,1-5H3. The van der Waals surface area contributed by atoms with E-state index in [1.807, 2.05) is 0 Å². The van der Waals surface area contributed by atoms with Gasteiger partial charge in [0.1, 0.15) is 6.29 Å². The van der Waals surface area contributed by atoms with Crippen molar-refractivity contribution in [2.24, 2.45) is 5.92 Å². The zero-order valence-electron chi connectivity index (χ0n) is 13.7. The Kier molecular flexibility index (Phi) is 6.44. The van der Waals surface area contributed by atoms with Crippen molar-refractivity contribution in [3.63, 3.8) is 0 Å². The van der Waals surface area contributed by atoms with E-state index in [4.69, 9.17) is 0 Å². The zero-order valence-corrected chi connectivity index (χ0v) is 14.5. The van der Waals surface area contributed by atoms with E-state index < -0.39 is 5.54 Å². The minimum atomic E-state index is -0.717. The Labute approximate surface area is 132 Å². The quantitative estimate of drug-likeness (QED) is 0.510. The Balaban J connectivity index is 2.70. The molecule has 1 aliphatic heterocycles. The van der Waals surface area contributed by atoms with Gasteiger partial charge in [-0.05, 0) is 26.2 Å². The summed E-state index contributed by atoms with van der Waals surface area (Å²) in [5, 5.41) is 0.0679. The molecule has 3 unspecified atom stereocenters. The first kappa shape index (κ1) is 18.2. The number of hydrogen-bond acceptors (Lipinski definition) is 4. The average Bonchev–Trinajstić information content (AvgIpc) is 2.64. The van der Waals surface area contributed by atoms with Crippen molar-refractivity contribution < 1.29 is 14.4 Å². The van der Waals surface area contributed by atoms with E-state index in [9.17, 15) is 14.4 Å². The normalized spacial score (nSPS) is 22.5. The van der Waals surface area contributed by atoms with Crippen molar-refractivity contribution in [2.45, 2.75) is 76.3 Å². The van der Waals surface area contributed by atoms with Crippen LogP contribution in [0.15, 0.2) is 0 Å². The predicted octanol–water partition coefficient (Wildman–Crippen LogP) is 3.04. The van der Waals surface area contributed by atoms with Gasteiger partial charge in [-0.2, -0.15) is 0 Å². The van der Waals surface area contributed by atoms with Crippen molar-refractivity contribution in [1.82, 2.24) is 4.90 Å². The van der Waals surface area contributed by atoms with Gasteiger partial charge in [0.15, 0.2) is 0 Å². The molecule has 0 aromatic rings. The van der Waals surface area contributed by atoms with Gasteiger partial charge < -0.3 is 4.79 Å². The molecule has 0 spiro atoms. The Morgan fingerprint density at radius 3 is 2.52 bits per heavy atom. The molecule has 0 N–H and O–H groups in total. The summed E-state index contributed by atoms with van der Waals surface area (Å²) in [4.78, 5) is 36.7. The van der Waals surface area contributed by atoms with Crippen LogP contribution in [0.5, 0.6) is 0 Å². The summed E-state index contributed by atoms with van der Waals surface area (Å²) in [6.45, 7) is 10.0. The van der Waals surface area contributed by atoms with Gasteiger partial charge >= 0.3 is 0 Å². The van der Waals surface area contributed by atoms with Gasteiger partial charge in [0.2, 0.25) is 11.8 Å². The van der Waals surface area contributed by atoms with Gasteiger partial charge in [0, 0.05) is 18.1 Å². The van der Waals surface area contributed by atoms with E-state index in [0.717, 1.165) is 19.1 Å². The number of carbonyl (C=O) groups excluding carboxylic acids is 3. The fourth-order valence-electron chi connectivity index (χ4n) is 2.71. The zero-order chi connectivity index (χ0) is 16.2. The van der Waals surface area contributed by atoms with Gasteiger partial charge in [-0.25, -0.2) is 0 Å². The molecule has 0 aliphatic carbocycles. The van der Waals surface area contributed by atoms with Gasteiger partial charge in [-0.15, -0.1) is 11.8 Å². The number of carbonyl (C=O) groups is 3. The van der Waals surface area contributed by atoms with Crippen molar-refractivity contribution in [3.05, 3.63) is 0 Å². The Morgan fingerprint density at radius 2 is 2.00 bits per heavy atom. The number of imide groups is 1. The van der Waals surface area contributed by atoms with Crippen LogP contribution in [-0.2, 0) is 14.4 Å². The third-order valence-corrected chi connectivity index (χ3v) is 5.48. The Hall–Kier alpha value is -0.840. The molecule has 4 nitrogen and oxygen atoms in total. The molecule has 0 saturated carbocycles. The number of likely N-dealkylation sites (tertiary alicyclic amines) is 1. The number of rotatable bonds is 8. The van der Waals surface area contributed by atoms with E-state index in [1.165, 1.54) is 4.90 Å². The molecule has 1 saturated heterocycles. The van der Waals surface area contributed by atoms with Crippen molar-refractivity contribution in [3.8, 4) is 0 Å². The van der Waals surface area contributed by atoms with Crippen molar-refractivity contribution in [1.29, 1.82) is 0 Å². The summed E-state index contributed by atoms with van der Waals surface area (Å²) in [5.74, 6) is 0.343. The molecule has 1 rings (SSSR count). The molecule has 1 fully saturated rings. The molecule has 2 amide bonds. The summed E-state index contributed by atoms with van der Waals surface area (Å²) in [5.41, 5.74) is -0.717. The van der Waals surface area contributed by atoms with Gasteiger partial charge in [0.25, 0.3) is 0 Å². The molecule has 0 aromatic carbocycles. The lowest BCUT2D eigenvalue weighted by Crippen LogP contribution is -2.48. The minimum absolute atomic E-state index is 0.132. The highest BCUT2D eigenvalue weighted by molar-refractivity contribution is 8.01. The fraction of sp³-hybridized carbons (Fsp3) is 0.812. The van der Waals surface area contributed by atoms with E-state index >= 15 is 0 Å². The topological polar surface area (TPSA) is 54.5 Å². The number of hydrogen-bond donors (Lipinski definition) is 0. The van der Waals surface area contributed by atoms with Crippen LogP contribution in [-0.4, -0.2) is 39.0 Å². The number of thioether (sulfide) groups is 1. The molecule has 1 heterocycles. The molecule has 120 valence electrons. The van der Waals surface area contributed by atoms with Gasteiger partial charge in [0.05, 0.1) is 10.8 Å². The number of aldehydes is 1. The summed E-state index contributed by atoms with van der Waals surface area (Å²) < 4.78 is 0. The number of nitrogens with zero attached hydrogens (tertiary/aromatic N) is 1. The van der Waals surface area contributed by atoms with Gasteiger partial charge in [-0.1, -0.05) is 27.2 Å². The smallest absolute Gasteiger partial charge is 0.243 e. The lowest BCUT2D eigenvalue weighted by atomic mass is 9.99. The van der Waals surface area contributed by atoms with E-state index in [2.05, 4.69) is 20.8 Å². The van der Waals surface area contributed by atoms with Crippen LogP contribution in [0.1, 0.15) is 60.3 Å². The summed E-state index contributed by atoms with van der Waals surface area (Å²) in [6, 6.07) is 0. The lowest BCUT2D eigenvalue weighted by molar-refractivity contribution is -0.144. The highest BCUT2D eigenvalue weighted by Crippen LogP contribution is 2.35. The van der Waals surface area contributed by atoms with Crippen LogP contribution in [0.2, 0.25) is 0 Å². The molecular weight excluding hydrogens is 286 g/mol. The molecule has 0 bridgehead atoms. The number of amides is 2. The predicted molar refractivity (Wildman–Crippen MR) is 86.1 cm³/mol.